The highest BCUT2D eigenvalue weighted by molar-refractivity contribution is 5.95. The minimum atomic E-state index is -0.291. The number of halogens is 1. The maximum absolute atomic E-state index is 12.8. The van der Waals surface area contributed by atoms with E-state index >= 15 is 0 Å². The smallest absolute Gasteiger partial charge is 0.163 e. The van der Waals surface area contributed by atoms with Gasteiger partial charge < -0.3 is 9.80 Å². The van der Waals surface area contributed by atoms with Crippen LogP contribution in [0, 0.1) is 5.82 Å². The second kappa shape index (κ2) is 6.78. The molecule has 2 rings (SSSR count). The van der Waals surface area contributed by atoms with Crippen molar-refractivity contribution in [2.45, 2.75) is 12.8 Å². The van der Waals surface area contributed by atoms with E-state index in [0.29, 0.717) is 12.0 Å². The van der Waals surface area contributed by atoms with Gasteiger partial charge in [0.25, 0.3) is 0 Å². The predicted octanol–water partition coefficient (Wildman–Crippen LogP) is -0.798. The monoisotopic (exact) mass is 266 g/mol. The molecule has 104 valence electrons. The standard InChI is InChI=1S/C15H21FN2O/c1-17-9-11-18(12-10-17)8-2-3-15(19)13-4-6-14(16)7-5-13/h4-7H,2-3,8-12H2,1H3/p+2. The van der Waals surface area contributed by atoms with Gasteiger partial charge in [-0.15, -0.1) is 0 Å². The second-order valence-electron chi connectivity index (χ2n) is 5.49. The fourth-order valence-corrected chi connectivity index (χ4v) is 2.56. The number of hydrogen-bond donors (Lipinski definition) is 2. The van der Waals surface area contributed by atoms with Crippen molar-refractivity contribution in [1.82, 2.24) is 0 Å². The van der Waals surface area contributed by atoms with Crippen LogP contribution in [0.1, 0.15) is 23.2 Å². The van der Waals surface area contributed by atoms with E-state index in [9.17, 15) is 9.18 Å². The van der Waals surface area contributed by atoms with E-state index in [2.05, 4.69) is 7.05 Å². The van der Waals surface area contributed by atoms with Gasteiger partial charge in [-0.2, -0.15) is 0 Å². The Bertz CT molecular complexity index is 411. The van der Waals surface area contributed by atoms with Crippen molar-refractivity contribution in [3.8, 4) is 0 Å². The van der Waals surface area contributed by atoms with Crippen molar-refractivity contribution in [2.24, 2.45) is 0 Å². The Kier molecular flexibility index (Phi) is 5.05. The van der Waals surface area contributed by atoms with Gasteiger partial charge in [0.15, 0.2) is 5.78 Å². The number of carbonyl (C=O) groups is 1. The molecule has 0 aliphatic carbocycles. The molecule has 1 fully saturated rings. The third kappa shape index (κ3) is 4.40. The van der Waals surface area contributed by atoms with E-state index < -0.39 is 0 Å². The Morgan fingerprint density at radius 1 is 1.16 bits per heavy atom. The van der Waals surface area contributed by atoms with Crippen molar-refractivity contribution in [1.29, 1.82) is 0 Å². The number of Topliss-reactive ketones (excluding diaryl/α,β-unsaturated/α-hetero) is 1. The molecule has 1 aliphatic rings. The lowest BCUT2D eigenvalue weighted by atomic mass is 10.1. The van der Waals surface area contributed by atoms with Crippen LogP contribution in [0.2, 0.25) is 0 Å². The summed E-state index contributed by atoms with van der Waals surface area (Å²) in [5.74, 6) is -0.167. The summed E-state index contributed by atoms with van der Waals surface area (Å²) in [7, 11) is 2.23. The predicted molar refractivity (Wildman–Crippen MR) is 72.1 cm³/mol. The Balaban J connectivity index is 1.70. The van der Waals surface area contributed by atoms with Crippen LogP contribution < -0.4 is 9.80 Å². The van der Waals surface area contributed by atoms with Crippen molar-refractivity contribution < 1.29 is 19.0 Å². The average Bonchev–Trinajstić information content (AvgIpc) is 2.41. The highest BCUT2D eigenvalue weighted by Gasteiger charge is 2.19. The highest BCUT2D eigenvalue weighted by Crippen LogP contribution is 2.06. The van der Waals surface area contributed by atoms with E-state index in [1.54, 1.807) is 21.9 Å². The maximum atomic E-state index is 12.8. The summed E-state index contributed by atoms with van der Waals surface area (Å²) in [6, 6.07) is 5.84. The molecular formula is C15H23FN2O+2. The molecule has 3 nitrogen and oxygen atoms in total. The number of likely N-dealkylation sites (N-methyl/N-ethyl adjacent to an activating group) is 1. The number of benzene rings is 1. The van der Waals surface area contributed by atoms with Gasteiger partial charge in [-0.3, -0.25) is 4.79 Å². The number of nitrogens with one attached hydrogen (secondary N) is 2. The molecule has 1 aromatic carbocycles. The molecule has 0 bridgehead atoms. The molecule has 4 heteroatoms. The summed E-state index contributed by atoms with van der Waals surface area (Å²) in [5, 5.41) is 0. The summed E-state index contributed by atoms with van der Waals surface area (Å²) in [4.78, 5) is 15.1. The molecule has 1 heterocycles. The summed E-state index contributed by atoms with van der Waals surface area (Å²) in [6.07, 6.45) is 1.49. The quantitative estimate of drug-likeness (QED) is 0.671. The van der Waals surface area contributed by atoms with Crippen LogP contribution in [0.15, 0.2) is 24.3 Å². The van der Waals surface area contributed by atoms with Crippen LogP contribution in [0.4, 0.5) is 4.39 Å². The third-order valence-corrected chi connectivity index (χ3v) is 3.91. The van der Waals surface area contributed by atoms with Crippen molar-refractivity contribution in [3.63, 3.8) is 0 Å². The first-order valence-corrected chi connectivity index (χ1v) is 7.09. The normalized spacial score (nSPS) is 23.3. The molecule has 0 amide bonds. The van der Waals surface area contributed by atoms with E-state index in [1.807, 2.05) is 0 Å². The van der Waals surface area contributed by atoms with Crippen LogP contribution in [0.25, 0.3) is 0 Å². The van der Waals surface area contributed by atoms with Gasteiger partial charge in [0, 0.05) is 18.4 Å². The molecule has 0 radical (unpaired) electrons. The molecule has 0 unspecified atom stereocenters. The minimum absolute atomic E-state index is 0.124. The highest BCUT2D eigenvalue weighted by atomic mass is 19.1. The first-order valence-electron chi connectivity index (χ1n) is 7.09. The molecule has 1 aromatic rings. The fraction of sp³-hybridized carbons (Fsp3) is 0.533. The number of ketones is 1. The zero-order valence-corrected chi connectivity index (χ0v) is 11.5. The van der Waals surface area contributed by atoms with Gasteiger partial charge in [-0.25, -0.2) is 4.39 Å². The molecule has 0 aromatic heterocycles. The molecule has 1 aliphatic heterocycles. The summed E-state index contributed by atoms with van der Waals surface area (Å²) < 4.78 is 12.8. The lowest BCUT2D eigenvalue weighted by Crippen LogP contribution is -3.27. The topological polar surface area (TPSA) is 26.0 Å². The van der Waals surface area contributed by atoms with Crippen LogP contribution in [-0.2, 0) is 0 Å². The van der Waals surface area contributed by atoms with Gasteiger partial charge in [-0.05, 0) is 24.3 Å². The van der Waals surface area contributed by atoms with Crippen LogP contribution in [0.3, 0.4) is 0 Å². The number of hydrogen-bond acceptors (Lipinski definition) is 1. The lowest BCUT2D eigenvalue weighted by Gasteiger charge is -2.27. The zero-order chi connectivity index (χ0) is 13.7. The van der Waals surface area contributed by atoms with Crippen molar-refractivity contribution in [3.05, 3.63) is 35.6 Å². The first-order chi connectivity index (χ1) is 9.15. The number of quaternary nitrogens is 2. The van der Waals surface area contributed by atoms with Gasteiger partial charge in [0.2, 0.25) is 0 Å². The van der Waals surface area contributed by atoms with Crippen LogP contribution in [-0.4, -0.2) is 45.6 Å². The summed E-state index contributed by atoms with van der Waals surface area (Å²) in [5.41, 5.74) is 0.624. The largest absolute Gasteiger partial charge is 0.328 e. The number of rotatable bonds is 5. The van der Waals surface area contributed by atoms with Crippen LogP contribution in [0.5, 0.6) is 0 Å². The molecule has 0 spiro atoms. The van der Waals surface area contributed by atoms with Gasteiger partial charge >= 0.3 is 0 Å². The molecule has 2 N–H and O–H groups in total. The minimum Gasteiger partial charge on any atom is -0.328 e. The van der Waals surface area contributed by atoms with E-state index in [4.69, 9.17) is 0 Å². The van der Waals surface area contributed by atoms with Crippen molar-refractivity contribution in [2.75, 3.05) is 39.8 Å². The lowest BCUT2D eigenvalue weighted by molar-refractivity contribution is -1.00. The summed E-state index contributed by atoms with van der Waals surface area (Å²) >= 11 is 0. The van der Waals surface area contributed by atoms with Gasteiger partial charge in [0.1, 0.15) is 32.0 Å². The van der Waals surface area contributed by atoms with Gasteiger partial charge in [-0.1, -0.05) is 0 Å². The third-order valence-electron chi connectivity index (χ3n) is 3.91. The number of piperazine rings is 1. The molecule has 19 heavy (non-hydrogen) atoms. The number of carbonyl (C=O) groups excluding carboxylic acids is 1. The van der Waals surface area contributed by atoms with Crippen LogP contribution >= 0.6 is 0 Å². The Morgan fingerprint density at radius 2 is 1.79 bits per heavy atom. The van der Waals surface area contributed by atoms with E-state index in [-0.39, 0.29) is 11.6 Å². The average molecular weight is 266 g/mol. The van der Waals surface area contributed by atoms with Crippen molar-refractivity contribution >= 4 is 5.78 Å². The van der Waals surface area contributed by atoms with E-state index in [0.717, 1.165) is 13.0 Å². The molecular weight excluding hydrogens is 243 g/mol. The summed E-state index contributed by atoms with van der Waals surface area (Å²) in [6.45, 7) is 5.93. The first kappa shape index (κ1) is 14.2. The Morgan fingerprint density at radius 3 is 2.42 bits per heavy atom. The molecule has 0 atom stereocenters. The SMILES string of the molecule is C[NH+]1CC[NH+](CCCC(=O)c2ccc(F)cc2)CC1. The zero-order valence-electron chi connectivity index (χ0n) is 11.5. The maximum Gasteiger partial charge on any atom is 0.163 e. The fourth-order valence-electron chi connectivity index (χ4n) is 2.56. The van der Waals surface area contributed by atoms with Gasteiger partial charge in [0.05, 0.1) is 13.6 Å². The molecule has 1 saturated heterocycles. The molecule has 0 saturated carbocycles. The second-order valence-corrected chi connectivity index (χ2v) is 5.49. The van der Waals surface area contributed by atoms with E-state index in [1.165, 1.54) is 38.3 Å². The Hall–Kier alpha value is -1.26. The Labute approximate surface area is 114 Å².